The minimum atomic E-state index is -0.362. The Balaban J connectivity index is 2.15. The zero-order chi connectivity index (χ0) is 11.1. The molecule has 1 unspecified atom stereocenters. The summed E-state index contributed by atoms with van der Waals surface area (Å²) in [4.78, 5) is 11.8. The predicted molar refractivity (Wildman–Crippen MR) is 59.4 cm³/mol. The smallest absolute Gasteiger partial charge is 0.240 e. The molecule has 1 saturated heterocycles. The number of ether oxygens (including phenoxy) is 1. The average Bonchev–Trinajstić information content (AvgIpc) is 2.66. The SMILES string of the molecule is C=COCCCNC(=O)C1(C)CCCN1. The summed E-state index contributed by atoms with van der Waals surface area (Å²) in [5.74, 6) is 0.0959. The first-order valence-electron chi connectivity index (χ1n) is 5.45. The van der Waals surface area contributed by atoms with Gasteiger partial charge >= 0.3 is 0 Å². The Morgan fingerprint density at radius 3 is 3.13 bits per heavy atom. The standard InChI is InChI=1S/C11H20N2O2/c1-3-15-9-5-7-12-10(14)11(2)6-4-8-13-11/h3,13H,1,4-9H2,2H3,(H,12,14). The molecule has 0 aliphatic carbocycles. The van der Waals surface area contributed by atoms with Crippen molar-refractivity contribution in [3.05, 3.63) is 12.8 Å². The highest BCUT2D eigenvalue weighted by atomic mass is 16.5. The van der Waals surface area contributed by atoms with Crippen molar-refractivity contribution in [2.45, 2.75) is 31.7 Å². The van der Waals surface area contributed by atoms with Gasteiger partial charge in [0.05, 0.1) is 18.4 Å². The topological polar surface area (TPSA) is 50.4 Å². The van der Waals surface area contributed by atoms with Crippen molar-refractivity contribution >= 4 is 5.91 Å². The Kier molecular flexibility index (Phi) is 4.62. The van der Waals surface area contributed by atoms with Crippen LogP contribution in [0.2, 0.25) is 0 Å². The molecule has 1 atom stereocenters. The van der Waals surface area contributed by atoms with Gasteiger partial charge in [0.15, 0.2) is 0 Å². The quantitative estimate of drug-likeness (QED) is 0.505. The van der Waals surface area contributed by atoms with Crippen molar-refractivity contribution < 1.29 is 9.53 Å². The number of carbonyl (C=O) groups excluding carboxylic acids is 1. The average molecular weight is 212 g/mol. The van der Waals surface area contributed by atoms with E-state index in [2.05, 4.69) is 17.2 Å². The molecule has 0 aromatic carbocycles. The van der Waals surface area contributed by atoms with Crippen LogP contribution in [0.5, 0.6) is 0 Å². The van der Waals surface area contributed by atoms with Crippen molar-refractivity contribution in [1.29, 1.82) is 0 Å². The van der Waals surface area contributed by atoms with Gasteiger partial charge in [0.25, 0.3) is 0 Å². The maximum Gasteiger partial charge on any atom is 0.240 e. The third-order valence-corrected chi connectivity index (χ3v) is 2.71. The lowest BCUT2D eigenvalue weighted by molar-refractivity contribution is -0.126. The Morgan fingerprint density at radius 2 is 2.53 bits per heavy atom. The maximum atomic E-state index is 11.8. The predicted octanol–water partition coefficient (Wildman–Crippen LogP) is 0.795. The summed E-state index contributed by atoms with van der Waals surface area (Å²) in [6, 6.07) is 0. The van der Waals surface area contributed by atoms with E-state index in [0.717, 1.165) is 25.8 Å². The van der Waals surface area contributed by atoms with E-state index in [1.54, 1.807) is 0 Å². The van der Waals surface area contributed by atoms with Crippen LogP contribution in [-0.2, 0) is 9.53 Å². The number of nitrogens with one attached hydrogen (secondary N) is 2. The van der Waals surface area contributed by atoms with Crippen LogP contribution < -0.4 is 10.6 Å². The Morgan fingerprint density at radius 1 is 1.73 bits per heavy atom. The van der Waals surface area contributed by atoms with E-state index in [1.807, 2.05) is 6.92 Å². The zero-order valence-corrected chi connectivity index (χ0v) is 9.34. The molecule has 1 aliphatic rings. The number of hydrogen-bond donors (Lipinski definition) is 2. The summed E-state index contributed by atoms with van der Waals surface area (Å²) in [5, 5.41) is 6.13. The van der Waals surface area contributed by atoms with Gasteiger partial charge in [-0.2, -0.15) is 0 Å². The first kappa shape index (κ1) is 12.0. The second-order valence-electron chi connectivity index (χ2n) is 4.01. The van der Waals surface area contributed by atoms with Crippen LogP contribution >= 0.6 is 0 Å². The zero-order valence-electron chi connectivity index (χ0n) is 9.34. The van der Waals surface area contributed by atoms with Crippen molar-refractivity contribution in [1.82, 2.24) is 10.6 Å². The van der Waals surface area contributed by atoms with Gasteiger partial charge in [0.2, 0.25) is 5.91 Å². The van der Waals surface area contributed by atoms with Crippen LogP contribution in [0, 0.1) is 0 Å². The third kappa shape index (κ3) is 3.55. The Bertz CT molecular complexity index is 223. The monoisotopic (exact) mass is 212 g/mol. The van der Waals surface area contributed by atoms with E-state index in [1.165, 1.54) is 6.26 Å². The van der Waals surface area contributed by atoms with E-state index < -0.39 is 0 Å². The summed E-state index contributed by atoms with van der Waals surface area (Å²) in [7, 11) is 0. The highest BCUT2D eigenvalue weighted by molar-refractivity contribution is 5.86. The van der Waals surface area contributed by atoms with Gasteiger partial charge < -0.3 is 15.4 Å². The van der Waals surface area contributed by atoms with Crippen LogP contribution in [0.3, 0.4) is 0 Å². The number of rotatable bonds is 6. The van der Waals surface area contributed by atoms with Gasteiger partial charge in [-0.25, -0.2) is 0 Å². The molecule has 0 saturated carbocycles. The molecule has 15 heavy (non-hydrogen) atoms. The molecule has 0 aromatic heterocycles. The molecule has 4 nitrogen and oxygen atoms in total. The first-order chi connectivity index (χ1) is 7.19. The number of carbonyl (C=O) groups is 1. The summed E-state index contributed by atoms with van der Waals surface area (Å²) in [6.45, 7) is 7.60. The first-order valence-corrected chi connectivity index (χ1v) is 5.45. The molecule has 0 spiro atoms. The van der Waals surface area contributed by atoms with Crippen molar-refractivity contribution in [3.63, 3.8) is 0 Å². The van der Waals surface area contributed by atoms with E-state index in [4.69, 9.17) is 4.74 Å². The molecule has 1 fully saturated rings. The minimum absolute atomic E-state index is 0.0959. The molecule has 1 rings (SSSR count). The summed E-state index contributed by atoms with van der Waals surface area (Å²) in [5.41, 5.74) is -0.362. The van der Waals surface area contributed by atoms with E-state index in [-0.39, 0.29) is 11.4 Å². The summed E-state index contributed by atoms with van der Waals surface area (Å²) >= 11 is 0. The molecule has 86 valence electrons. The van der Waals surface area contributed by atoms with Crippen LogP contribution in [0.15, 0.2) is 12.8 Å². The highest BCUT2D eigenvalue weighted by Crippen LogP contribution is 2.18. The van der Waals surface area contributed by atoms with Gasteiger partial charge in [-0.05, 0) is 32.7 Å². The lowest BCUT2D eigenvalue weighted by Crippen LogP contribution is -2.51. The molecule has 2 N–H and O–H groups in total. The molecule has 4 heteroatoms. The molecule has 1 aliphatic heterocycles. The molecular weight excluding hydrogens is 192 g/mol. The minimum Gasteiger partial charge on any atom is -0.502 e. The van der Waals surface area contributed by atoms with Crippen molar-refractivity contribution in [3.8, 4) is 0 Å². The summed E-state index contributed by atoms with van der Waals surface area (Å²) in [6.07, 6.45) is 4.22. The van der Waals surface area contributed by atoms with Crippen LogP contribution in [0.4, 0.5) is 0 Å². The molecule has 1 amide bonds. The molecule has 0 radical (unpaired) electrons. The second kappa shape index (κ2) is 5.75. The largest absolute Gasteiger partial charge is 0.502 e. The molecule has 0 aromatic rings. The van der Waals surface area contributed by atoms with Gasteiger partial charge in [-0.15, -0.1) is 0 Å². The Labute approximate surface area is 91.1 Å². The van der Waals surface area contributed by atoms with Crippen molar-refractivity contribution in [2.24, 2.45) is 0 Å². The molecule has 0 bridgehead atoms. The van der Waals surface area contributed by atoms with Crippen LogP contribution in [0.1, 0.15) is 26.2 Å². The number of amides is 1. The number of hydrogen-bond acceptors (Lipinski definition) is 3. The van der Waals surface area contributed by atoms with E-state index in [9.17, 15) is 4.79 Å². The summed E-state index contributed by atoms with van der Waals surface area (Å²) < 4.78 is 4.96. The Hall–Kier alpha value is -1.03. The highest BCUT2D eigenvalue weighted by Gasteiger charge is 2.35. The van der Waals surface area contributed by atoms with Gasteiger partial charge in [-0.3, -0.25) is 4.79 Å². The van der Waals surface area contributed by atoms with Crippen LogP contribution in [0.25, 0.3) is 0 Å². The lowest BCUT2D eigenvalue weighted by atomic mass is 9.99. The third-order valence-electron chi connectivity index (χ3n) is 2.71. The van der Waals surface area contributed by atoms with Crippen molar-refractivity contribution in [2.75, 3.05) is 19.7 Å². The fraction of sp³-hybridized carbons (Fsp3) is 0.727. The molecule has 1 heterocycles. The lowest BCUT2D eigenvalue weighted by Gasteiger charge is -2.22. The van der Waals surface area contributed by atoms with E-state index in [0.29, 0.717) is 13.2 Å². The van der Waals surface area contributed by atoms with Gasteiger partial charge in [-0.1, -0.05) is 6.58 Å². The fourth-order valence-corrected chi connectivity index (χ4v) is 1.72. The van der Waals surface area contributed by atoms with Gasteiger partial charge in [0.1, 0.15) is 0 Å². The van der Waals surface area contributed by atoms with E-state index >= 15 is 0 Å². The van der Waals surface area contributed by atoms with Gasteiger partial charge in [0, 0.05) is 6.54 Å². The fourth-order valence-electron chi connectivity index (χ4n) is 1.72. The maximum absolute atomic E-state index is 11.8. The normalized spacial score (nSPS) is 24.9. The second-order valence-corrected chi connectivity index (χ2v) is 4.01. The van der Waals surface area contributed by atoms with Crippen LogP contribution in [-0.4, -0.2) is 31.1 Å². The molecular formula is C11H20N2O2.